The molecular weight excluding hydrogens is 240 g/mol. The molecule has 0 aliphatic carbocycles. The summed E-state index contributed by atoms with van der Waals surface area (Å²) < 4.78 is 0. The number of hydrogen-bond donors (Lipinski definition) is 1. The number of nitrogens with zero attached hydrogens (tertiary/aromatic N) is 3. The van der Waals surface area contributed by atoms with E-state index >= 15 is 0 Å². The summed E-state index contributed by atoms with van der Waals surface area (Å²) in [5.41, 5.74) is 7.69. The maximum Gasteiger partial charge on any atom is 0.236 e. The zero-order valence-electron chi connectivity index (χ0n) is 10.8. The lowest BCUT2D eigenvalue weighted by molar-refractivity contribution is -0.118. The van der Waals surface area contributed by atoms with Crippen molar-refractivity contribution in [3.05, 3.63) is 35.4 Å². The summed E-state index contributed by atoms with van der Waals surface area (Å²) in [5.74, 6) is -0.283. The summed E-state index contributed by atoms with van der Waals surface area (Å²) in [6.45, 7) is 3.50. The lowest BCUT2D eigenvalue weighted by Gasteiger charge is -2.22. The first kappa shape index (κ1) is 12.2. The van der Waals surface area contributed by atoms with E-state index in [9.17, 15) is 4.79 Å². The molecule has 0 bridgehead atoms. The number of carbonyl (C=O) groups excluding carboxylic acids is 1. The van der Waals surface area contributed by atoms with Gasteiger partial charge in [0.25, 0.3) is 0 Å². The van der Waals surface area contributed by atoms with E-state index in [1.165, 1.54) is 5.56 Å². The monoisotopic (exact) mass is 256 g/mol. The SMILES string of the molecule is Cc1ccccc1C(N1CC1C#N)N1CC1C(N)=O. The first-order chi connectivity index (χ1) is 9.13. The number of primary amides is 1. The van der Waals surface area contributed by atoms with Crippen LogP contribution in [0.5, 0.6) is 0 Å². The van der Waals surface area contributed by atoms with E-state index in [0.29, 0.717) is 6.54 Å². The number of benzene rings is 1. The number of rotatable bonds is 4. The van der Waals surface area contributed by atoms with Gasteiger partial charge in [-0.3, -0.25) is 14.6 Å². The zero-order chi connectivity index (χ0) is 13.6. The number of nitrogens with two attached hydrogens (primary N) is 1. The smallest absolute Gasteiger partial charge is 0.236 e. The van der Waals surface area contributed by atoms with Crippen molar-refractivity contribution >= 4 is 5.91 Å². The Kier molecular flexibility index (Phi) is 2.77. The summed E-state index contributed by atoms with van der Waals surface area (Å²) in [7, 11) is 0. The van der Waals surface area contributed by atoms with Crippen molar-refractivity contribution in [1.82, 2.24) is 9.80 Å². The minimum Gasteiger partial charge on any atom is -0.368 e. The molecule has 2 aliphatic heterocycles. The predicted molar refractivity (Wildman–Crippen MR) is 69.7 cm³/mol. The first-order valence-corrected chi connectivity index (χ1v) is 6.39. The largest absolute Gasteiger partial charge is 0.368 e. The van der Waals surface area contributed by atoms with Crippen molar-refractivity contribution in [2.75, 3.05) is 13.1 Å². The van der Waals surface area contributed by atoms with E-state index in [4.69, 9.17) is 11.0 Å². The second-order valence-corrected chi connectivity index (χ2v) is 5.19. The molecule has 2 aliphatic rings. The van der Waals surface area contributed by atoms with E-state index in [2.05, 4.69) is 34.9 Å². The maximum absolute atomic E-state index is 11.3. The molecule has 98 valence electrons. The van der Waals surface area contributed by atoms with Gasteiger partial charge < -0.3 is 5.73 Å². The van der Waals surface area contributed by atoms with Crippen LogP contribution in [0.3, 0.4) is 0 Å². The Morgan fingerprint density at radius 2 is 2.16 bits per heavy atom. The Labute approximate surface area is 112 Å². The average Bonchev–Trinajstić information content (AvgIpc) is 3.26. The van der Waals surface area contributed by atoms with Gasteiger partial charge >= 0.3 is 0 Å². The Morgan fingerprint density at radius 3 is 2.68 bits per heavy atom. The fraction of sp³-hybridized carbons (Fsp3) is 0.429. The third-order valence-corrected chi connectivity index (χ3v) is 3.87. The van der Waals surface area contributed by atoms with Crippen LogP contribution in [0, 0.1) is 18.3 Å². The van der Waals surface area contributed by atoms with Crippen LogP contribution < -0.4 is 5.73 Å². The van der Waals surface area contributed by atoms with Crippen molar-refractivity contribution in [3.63, 3.8) is 0 Å². The van der Waals surface area contributed by atoms with E-state index < -0.39 is 0 Å². The van der Waals surface area contributed by atoms with Gasteiger partial charge in [-0.25, -0.2) is 0 Å². The van der Waals surface area contributed by atoms with Gasteiger partial charge in [-0.05, 0) is 18.1 Å². The van der Waals surface area contributed by atoms with Gasteiger partial charge in [-0.1, -0.05) is 24.3 Å². The molecule has 2 heterocycles. The first-order valence-electron chi connectivity index (χ1n) is 6.39. The molecule has 5 atom stereocenters. The van der Waals surface area contributed by atoms with Gasteiger partial charge in [-0.2, -0.15) is 5.26 Å². The van der Waals surface area contributed by atoms with Crippen LogP contribution in [-0.2, 0) is 4.79 Å². The molecule has 3 rings (SSSR count). The Morgan fingerprint density at radius 1 is 1.42 bits per heavy atom. The zero-order valence-corrected chi connectivity index (χ0v) is 10.8. The van der Waals surface area contributed by atoms with Gasteiger partial charge in [0.1, 0.15) is 12.1 Å². The number of aryl methyl sites for hydroxylation is 1. The fourth-order valence-electron chi connectivity index (χ4n) is 2.64. The van der Waals surface area contributed by atoms with Crippen LogP contribution in [0.1, 0.15) is 17.3 Å². The molecule has 5 unspecified atom stereocenters. The number of hydrogen-bond acceptors (Lipinski definition) is 4. The van der Waals surface area contributed by atoms with Gasteiger partial charge in [0.15, 0.2) is 0 Å². The number of nitriles is 1. The molecule has 1 aromatic carbocycles. The van der Waals surface area contributed by atoms with Gasteiger partial charge in [0.05, 0.1) is 12.2 Å². The minimum absolute atomic E-state index is 0.00310. The highest BCUT2D eigenvalue weighted by Crippen LogP contribution is 2.41. The molecular formula is C14H16N4O. The van der Waals surface area contributed by atoms with Gasteiger partial charge in [-0.15, -0.1) is 0 Å². The van der Waals surface area contributed by atoms with Crippen molar-refractivity contribution in [3.8, 4) is 6.07 Å². The number of amides is 1. The van der Waals surface area contributed by atoms with Crippen LogP contribution in [0.4, 0.5) is 0 Å². The maximum atomic E-state index is 11.3. The van der Waals surface area contributed by atoms with Crippen LogP contribution in [0.25, 0.3) is 0 Å². The molecule has 0 aromatic heterocycles. The molecule has 5 heteroatoms. The summed E-state index contributed by atoms with van der Waals surface area (Å²) >= 11 is 0. The van der Waals surface area contributed by atoms with Crippen molar-refractivity contribution in [1.29, 1.82) is 5.26 Å². The predicted octanol–water partition coefficient (Wildman–Crippen LogP) is 0.371. The van der Waals surface area contributed by atoms with Crippen molar-refractivity contribution < 1.29 is 4.79 Å². The standard InChI is InChI=1S/C14H16N4O/c1-9-4-2-3-5-11(9)14(17-7-10(17)6-15)18-8-12(18)13(16)19/h2-5,10,12,14H,7-8H2,1H3,(H2,16,19). The molecule has 1 aromatic rings. The Hall–Kier alpha value is -1.90. The summed E-state index contributed by atoms with van der Waals surface area (Å²) in [4.78, 5) is 15.4. The summed E-state index contributed by atoms with van der Waals surface area (Å²) in [5, 5.41) is 9.02. The van der Waals surface area contributed by atoms with E-state index in [1.54, 1.807) is 0 Å². The third-order valence-electron chi connectivity index (χ3n) is 3.87. The molecule has 0 spiro atoms. The molecule has 2 saturated heterocycles. The number of carbonyl (C=O) groups is 1. The highest BCUT2D eigenvalue weighted by atomic mass is 16.1. The Balaban J connectivity index is 1.89. The topological polar surface area (TPSA) is 72.9 Å². The highest BCUT2D eigenvalue weighted by Gasteiger charge is 2.52. The summed E-state index contributed by atoms with van der Waals surface area (Å²) in [6, 6.07) is 10.1. The quantitative estimate of drug-likeness (QED) is 0.790. The molecule has 2 fully saturated rings. The van der Waals surface area contributed by atoms with E-state index in [0.717, 1.165) is 12.1 Å². The lowest BCUT2D eigenvalue weighted by atomic mass is 10.1. The molecule has 5 nitrogen and oxygen atoms in total. The highest BCUT2D eigenvalue weighted by molar-refractivity contribution is 5.83. The van der Waals surface area contributed by atoms with Gasteiger partial charge in [0, 0.05) is 13.1 Å². The fourth-order valence-corrected chi connectivity index (χ4v) is 2.64. The van der Waals surface area contributed by atoms with Crippen molar-refractivity contribution in [2.24, 2.45) is 5.73 Å². The minimum atomic E-state index is -0.283. The summed E-state index contributed by atoms with van der Waals surface area (Å²) in [6.07, 6.45) is 0.00310. The van der Waals surface area contributed by atoms with E-state index in [-0.39, 0.29) is 24.2 Å². The second-order valence-electron chi connectivity index (χ2n) is 5.19. The van der Waals surface area contributed by atoms with E-state index in [1.807, 2.05) is 12.1 Å². The molecule has 19 heavy (non-hydrogen) atoms. The van der Waals surface area contributed by atoms with Crippen molar-refractivity contribution in [2.45, 2.75) is 25.2 Å². The average molecular weight is 256 g/mol. The molecule has 0 radical (unpaired) electrons. The van der Waals surface area contributed by atoms with Crippen LogP contribution in [-0.4, -0.2) is 40.9 Å². The van der Waals surface area contributed by atoms with Crippen LogP contribution in [0.15, 0.2) is 24.3 Å². The van der Waals surface area contributed by atoms with Crippen LogP contribution >= 0.6 is 0 Å². The molecule has 1 amide bonds. The third kappa shape index (κ3) is 2.09. The van der Waals surface area contributed by atoms with Gasteiger partial charge in [0.2, 0.25) is 5.91 Å². The Bertz CT molecular complexity index is 565. The molecule has 2 N–H and O–H groups in total. The molecule has 0 saturated carbocycles. The lowest BCUT2D eigenvalue weighted by Crippen LogP contribution is -2.28. The normalized spacial score (nSPS) is 33.3. The van der Waals surface area contributed by atoms with Crippen LogP contribution in [0.2, 0.25) is 0 Å². The second kappa shape index (κ2) is 4.34.